The number of hydrogen-bond acceptors (Lipinski definition) is 22. The summed E-state index contributed by atoms with van der Waals surface area (Å²) in [6.45, 7) is 9.34. The van der Waals surface area contributed by atoms with Crippen LogP contribution in [0, 0.1) is 0 Å². The fourth-order valence-corrected chi connectivity index (χ4v) is 27.1. The predicted octanol–water partition coefficient (Wildman–Crippen LogP) is 17.5. The van der Waals surface area contributed by atoms with Crippen molar-refractivity contribution >= 4 is 188 Å². The molecular formula is C44H54O6S16. The molecule has 4 aliphatic rings. The van der Waals surface area contributed by atoms with Crippen LogP contribution >= 0.6 is 188 Å². The van der Waals surface area contributed by atoms with E-state index in [9.17, 15) is 0 Å². The smallest absolute Gasteiger partial charge is 0.127 e. The van der Waals surface area contributed by atoms with E-state index >= 15 is 0 Å². The number of thioether (sulfide) groups is 16. The average molecular weight is 1190 g/mol. The zero-order valence-corrected chi connectivity index (χ0v) is 51.0. The summed E-state index contributed by atoms with van der Waals surface area (Å²) >= 11 is 30.3. The molecule has 2 aromatic rings. The Morgan fingerprint density at radius 2 is 0.652 bits per heavy atom. The highest BCUT2D eigenvalue weighted by Crippen LogP contribution is 2.67. The molecule has 0 unspecified atom stereocenters. The van der Waals surface area contributed by atoms with E-state index in [-0.39, 0.29) is 0 Å². The Morgan fingerprint density at radius 3 is 0.970 bits per heavy atom. The van der Waals surface area contributed by atoms with Gasteiger partial charge in [0.25, 0.3) is 0 Å². The Morgan fingerprint density at radius 1 is 0.364 bits per heavy atom. The first-order valence-corrected chi connectivity index (χ1v) is 36.4. The average Bonchev–Trinajstić information content (AvgIpc) is 4.17. The SMILES string of the molecule is CCOCCOCCOc1ccc(CSC2=C(SC)SC(=C3SC(SC)=C(SC)S3)S2)cc1-c1cc(CSC2=C(SC)SC(=C3SC(SC)=C(SC)S3)S2)ccc1OCCOCCOCC. The molecule has 0 radical (unpaired) electrons. The van der Waals surface area contributed by atoms with Crippen LogP contribution in [0.3, 0.4) is 0 Å². The van der Waals surface area contributed by atoms with Gasteiger partial charge in [-0.25, -0.2) is 0 Å². The van der Waals surface area contributed by atoms with Crippen LogP contribution < -0.4 is 9.47 Å². The Bertz CT molecular complexity index is 1970. The first-order chi connectivity index (χ1) is 32.4. The molecule has 6 rings (SSSR count). The number of benzene rings is 2. The van der Waals surface area contributed by atoms with Gasteiger partial charge >= 0.3 is 0 Å². The minimum atomic E-state index is 0.421. The van der Waals surface area contributed by atoms with Gasteiger partial charge in [-0.2, -0.15) is 0 Å². The lowest BCUT2D eigenvalue weighted by molar-refractivity contribution is 0.0403. The third-order valence-electron chi connectivity index (χ3n) is 8.84. The molecule has 4 aliphatic heterocycles. The summed E-state index contributed by atoms with van der Waals surface area (Å²) in [5.74, 6) is 3.27. The van der Waals surface area contributed by atoms with Crippen molar-refractivity contribution in [2.24, 2.45) is 0 Å². The Kier molecular flexibility index (Phi) is 27.4. The second-order valence-electron chi connectivity index (χ2n) is 13.0. The van der Waals surface area contributed by atoms with Crippen molar-refractivity contribution in [3.8, 4) is 22.6 Å². The fraction of sp³-hybridized carbons (Fsp3) is 0.455. The largest absolute Gasteiger partial charge is 0.491 e. The van der Waals surface area contributed by atoms with Gasteiger partial charge in [0.1, 0.15) is 24.7 Å². The van der Waals surface area contributed by atoms with Crippen LogP contribution in [0.5, 0.6) is 11.5 Å². The molecule has 66 heavy (non-hydrogen) atoms. The van der Waals surface area contributed by atoms with E-state index in [1.165, 1.54) is 62.0 Å². The lowest BCUT2D eigenvalue weighted by atomic mass is 9.99. The summed E-state index contributed by atoms with van der Waals surface area (Å²) in [7, 11) is 0. The molecule has 0 spiro atoms. The molecule has 0 saturated heterocycles. The van der Waals surface area contributed by atoms with Crippen LogP contribution in [0.15, 0.2) is 87.2 Å². The molecule has 0 saturated carbocycles. The minimum absolute atomic E-state index is 0.421. The zero-order valence-electron chi connectivity index (χ0n) is 37.9. The van der Waals surface area contributed by atoms with Crippen LogP contribution in [0.2, 0.25) is 0 Å². The lowest BCUT2D eigenvalue weighted by Gasteiger charge is -2.18. The quantitative estimate of drug-likeness (QED) is 0.0726. The van der Waals surface area contributed by atoms with E-state index in [1.807, 2.05) is 202 Å². The van der Waals surface area contributed by atoms with Gasteiger partial charge in [0.05, 0.1) is 90.5 Å². The Balaban J connectivity index is 1.25. The molecule has 6 nitrogen and oxygen atoms in total. The van der Waals surface area contributed by atoms with Crippen molar-refractivity contribution in [1.82, 2.24) is 0 Å². The van der Waals surface area contributed by atoms with Gasteiger partial charge in [0.15, 0.2) is 0 Å². The van der Waals surface area contributed by atoms with Gasteiger partial charge in [-0.3, -0.25) is 0 Å². The van der Waals surface area contributed by atoms with Gasteiger partial charge in [0.2, 0.25) is 0 Å². The zero-order chi connectivity index (χ0) is 46.7. The van der Waals surface area contributed by atoms with E-state index < -0.39 is 0 Å². The second kappa shape index (κ2) is 31.6. The van der Waals surface area contributed by atoms with Crippen molar-refractivity contribution in [2.45, 2.75) is 25.4 Å². The van der Waals surface area contributed by atoms with Gasteiger partial charge in [-0.1, -0.05) is 106 Å². The highest BCUT2D eigenvalue weighted by atomic mass is 32.3. The Hall–Kier alpha value is 1.92. The number of rotatable bonds is 29. The van der Waals surface area contributed by atoms with Crippen molar-refractivity contribution in [3.63, 3.8) is 0 Å². The molecule has 0 atom stereocenters. The molecule has 2 aromatic carbocycles. The van der Waals surface area contributed by atoms with E-state index in [4.69, 9.17) is 28.4 Å². The van der Waals surface area contributed by atoms with Crippen molar-refractivity contribution < 1.29 is 28.4 Å². The van der Waals surface area contributed by atoms with Gasteiger partial charge in [0, 0.05) is 35.8 Å². The molecule has 0 N–H and O–H groups in total. The van der Waals surface area contributed by atoms with E-state index in [0.717, 1.165) is 34.1 Å². The topological polar surface area (TPSA) is 55.4 Å². The second-order valence-corrected chi connectivity index (χ2v) is 31.2. The summed E-state index contributed by atoms with van der Waals surface area (Å²) in [4.78, 5) is 0. The normalized spacial score (nSPS) is 16.8. The molecule has 0 aromatic heterocycles. The summed E-state index contributed by atoms with van der Waals surface area (Å²) in [6.07, 6.45) is 13.1. The summed E-state index contributed by atoms with van der Waals surface area (Å²) in [5, 5.41) is 0. The van der Waals surface area contributed by atoms with Crippen molar-refractivity contribution in [2.75, 3.05) is 104 Å². The molecule has 362 valence electrons. The monoisotopic (exact) mass is 1190 g/mol. The minimum Gasteiger partial charge on any atom is -0.491 e. The molecular weight excluding hydrogens is 1140 g/mol. The van der Waals surface area contributed by atoms with Crippen LogP contribution in [-0.2, 0) is 30.5 Å². The highest BCUT2D eigenvalue weighted by molar-refractivity contribution is 8.46. The van der Waals surface area contributed by atoms with Crippen LogP contribution in [0.1, 0.15) is 25.0 Å². The number of ether oxygens (including phenoxy) is 6. The van der Waals surface area contributed by atoms with Crippen molar-refractivity contribution in [3.05, 3.63) is 98.4 Å². The summed E-state index contributed by atoms with van der Waals surface area (Å²) in [6, 6.07) is 13.3. The molecule has 4 heterocycles. The van der Waals surface area contributed by atoms with Crippen LogP contribution in [0.4, 0.5) is 0 Å². The summed E-state index contributed by atoms with van der Waals surface area (Å²) < 4.78 is 52.5. The maximum atomic E-state index is 6.57. The lowest BCUT2D eigenvalue weighted by Crippen LogP contribution is -2.12. The molecule has 0 fully saturated rings. The first-order valence-electron chi connectivity index (χ1n) is 20.6. The third kappa shape index (κ3) is 17.0. The summed E-state index contributed by atoms with van der Waals surface area (Å²) in [5.41, 5.74) is 4.47. The predicted molar refractivity (Wildman–Crippen MR) is 324 cm³/mol. The maximum Gasteiger partial charge on any atom is 0.127 e. The standard InChI is InChI=1S/C44H54O6S16/c1-9-45-15-17-47-19-21-49-31-13-11-27(25-57-39-37(55-7)63-43(65-39)41-59-33(51-3)34(52-4)60-41)23-29(31)30-24-28(12-14-32(30)50-22-20-48-18-16-46-10-2)26-58-40-38(56-8)64-44(66-40)42-61-35(53-5)36(54-6)62-42/h11-14,23-24H,9-10,15-22,25-26H2,1-8H3. The molecule has 22 heteroatoms. The molecule has 0 aliphatic carbocycles. The van der Waals surface area contributed by atoms with Gasteiger partial charge in [-0.05, 0) is 86.8 Å². The number of hydrogen-bond donors (Lipinski definition) is 0. The van der Waals surface area contributed by atoms with Gasteiger partial charge < -0.3 is 28.4 Å². The highest BCUT2D eigenvalue weighted by Gasteiger charge is 2.31. The van der Waals surface area contributed by atoms with Crippen LogP contribution in [-0.4, -0.2) is 104 Å². The molecule has 0 amide bonds. The van der Waals surface area contributed by atoms with E-state index in [0.29, 0.717) is 66.1 Å². The van der Waals surface area contributed by atoms with Crippen LogP contribution in [0.25, 0.3) is 11.1 Å². The van der Waals surface area contributed by atoms with Gasteiger partial charge in [-0.15, -0.1) is 94.1 Å². The van der Waals surface area contributed by atoms with E-state index in [2.05, 4.69) is 73.9 Å². The maximum absolute atomic E-state index is 6.57. The van der Waals surface area contributed by atoms with E-state index in [1.54, 1.807) is 0 Å². The first kappa shape index (κ1) is 57.2. The third-order valence-corrected chi connectivity index (χ3v) is 31.2. The van der Waals surface area contributed by atoms with Crippen molar-refractivity contribution in [1.29, 1.82) is 0 Å². The Labute approximate surface area is 461 Å². The fourth-order valence-electron chi connectivity index (χ4n) is 5.80. The molecule has 0 bridgehead atoms.